The molecule has 1 unspecified atom stereocenters. The molecule has 16 heavy (non-hydrogen) atoms. The van der Waals surface area contributed by atoms with Crippen LogP contribution in [0.5, 0.6) is 0 Å². The van der Waals surface area contributed by atoms with Crippen LogP contribution in [0.1, 0.15) is 18.9 Å². The normalized spacial score (nSPS) is 23.1. The van der Waals surface area contributed by atoms with Gasteiger partial charge < -0.3 is 0 Å². The summed E-state index contributed by atoms with van der Waals surface area (Å²) in [5.41, 5.74) is 0. The highest BCUT2D eigenvalue weighted by Crippen LogP contribution is 2.22. The third-order valence-electron chi connectivity index (χ3n) is 2.74. The Bertz CT molecular complexity index is 454. The molecule has 0 N–H and O–H groups in total. The number of hydrogen-bond donors (Lipinski definition) is 0. The van der Waals surface area contributed by atoms with Gasteiger partial charge in [0.05, 0.1) is 12.2 Å². The molecule has 88 valence electrons. The van der Waals surface area contributed by atoms with E-state index in [4.69, 9.17) is 0 Å². The van der Waals surface area contributed by atoms with Crippen molar-refractivity contribution in [3.63, 3.8) is 0 Å². The maximum atomic E-state index is 11.6. The SMILES string of the molecule is C=CS(=O)(=O)N1CCCC(n2ccnn2)C1. The fraction of sp³-hybridized carbons (Fsp3) is 0.556. The lowest BCUT2D eigenvalue weighted by atomic mass is 10.1. The third kappa shape index (κ3) is 2.14. The van der Waals surface area contributed by atoms with E-state index in [2.05, 4.69) is 16.9 Å². The Morgan fingerprint density at radius 3 is 2.94 bits per heavy atom. The maximum Gasteiger partial charge on any atom is 0.235 e. The minimum Gasteiger partial charge on any atom is -0.248 e. The van der Waals surface area contributed by atoms with Gasteiger partial charge in [-0.1, -0.05) is 11.8 Å². The quantitative estimate of drug-likeness (QED) is 0.769. The van der Waals surface area contributed by atoms with Crippen molar-refractivity contribution in [3.8, 4) is 0 Å². The van der Waals surface area contributed by atoms with Gasteiger partial charge in [-0.3, -0.25) is 0 Å². The standard InChI is InChI=1S/C9H14N4O2S/c1-2-16(14,15)12-6-3-4-9(8-12)13-7-5-10-11-13/h2,5,7,9H,1,3-4,6,8H2. The molecule has 0 aliphatic carbocycles. The highest BCUT2D eigenvalue weighted by molar-refractivity contribution is 7.92. The number of hydrogen-bond acceptors (Lipinski definition) is 4. The molecule has 1 saturated heterocycles. The summed E-state index contributed by atoms with van der Waals surface area (Å²) < 4.78 is 26.4. The van der Waals surface area contributed by atoms with Crippen LogP contribution in [-0.2, 0) is 10.0 Å². The van der Waals surface area contributed by atoms with Crippen LogP contribution in [-0.4, -0.2) is 40.8 Å². The lowest BCUT2D eigenvalue weighted by molar-refractivity contribution is 0.253. The fourth-order valence-electron chi connectivity index (χ4n) is 1.89. The number of nitrogens with zero attached hydrogens (tertiary/aromatic N) is 4. The van der Waals surface area contributed by atoms with Crippen LogP contribution in [0.2, 0.25) is 0 Å². The van der Waals surface area contributed by atoms with E-state index in [-0.39, 0.29) is 6.04 Å². The van der Waals surface area contributed by atoms with Crippen molar-refractivity contribution in [3.05, 3.63) is 24.4 Å². The number of aromatic nitrogens is 3. The molecule has 1 aliphatic heterocycles. The second-order valence-corrected chi connectivity index (χ2v) is 5.63. The van der Waals surface area contributed by atoms with Crippen LogP contribution < -0.4 is 0 Å². The number of piperidine rings is 1. The molecule has 7 heteroatoms. The lowest BCUT2D eigenvalue weighted by Crippen LogP contribution is -2.39. The van der Waals surface area contributed by atoms with Gasteiger partial charge in [0.2, 0.25) is 10.0 Å². The van der Waals surface area contributed by atoms with E-state index in [9.17, 15) is 8.42 Å². The lowest BCUT2D eigenvalue weighted by Gasteiger charge is -2.30. The molecule has 6 nitrogen and oxygen atoms in total. The summed E-state index contributed by atoms with van der Waals surface area (Å²) in [6.07, 6.45) is 5.11. The van der Waals surface area contributed by atoms with Gasteiger partial charge in [-0.2, -0.15) is 4.31 Å². The van der Waals surface area contributed by atoms with Gasteiger partial charge >= 0.3 is 0 Å². The van der Waals surface area contributed by atoms with Gasteiger partial charge in [0.1, 0.15) is 0 Å². The average Bonchev–Trinajstić information content (AvgIpc) is 2.83. The zero-order valence-corrected chi connectivity index (χ0v) is 9.68. The van der Waals surface area contributed by atoms with Crippen molar-refractivity contribution in [1.29, 1.82) is 0 Å². The van der Waals surface area contributed by atoms with Crippen LogP contribution in [0.15, 0.2) is 24.4 Å². The van der Waals surface area contributed by atoms with Gasteiger partial charge in [-0.25, -0.2) is 13.1 Å². The molecular weight excluding hydrogens is 228 g/mol. The Kier molecular flexibility index (Phi) is 3.06. The smallest absolute Gasteiger partial charge is 0.235 e. The van der Waals surface area contributed by atoms with Gasteiger partial charge in [0.15, 0.2) is 0 Å². The van der Waals surface area contributed by atoms with Gasteiger partial charge in [-0.15, -0.1) is 5.10 Å². The Hall–Kier alpha value is -1.21. The zero-order chi connectivity index (χ0) is 11.6. The molecule has 1 aromatic heterocycles. The molecule has 1 atom stereocenters. The van der Waals surface area contributed by atoms with Crippen molar-refractivity contribution >= 4 is 10.0 Å². The highest BCUT2D eigenvalue weighted by Gasteiger charge is 2.28. The van der Waals surface area contributed by atoms with Crippen LogP contribution in [0.25, 0.3) is 0 Å². The second kappa shape index (κ2) is 4.34. The summed E-state index contributed by atoms with van der Waals surface area (Å²) in [4.78, 5) is 0. The van der Waals surface area contributed by atoms with E-state index in [1.165, 1.54) is 4.31 Å². The molecule has 1 aromatic rings. The summed E-state index contributed by atoms with van der Waals surface area (Å²) in [5, 5.41) is 8.63. The molecule has 0 amide bonds. The number of sulfonamides is 1. The van der Waals surface area contributed by atoms with Crippen LogP contribution in [0.4, 0.5) is 0 Å². The molecule has 0 bridgehead atoms. The summed E-state index contributed by atoms with van der Waals surface area (Å²) in [6, 6.07) is 0.0750. The topological polar surface area (TPSA) is 68.1 Å². The minimum absolute atomic E-state index is 0.0750. The van der Waals surface area contributed by atoms with Gasteiger partial charge in [0.25, 0.3) is 0 Å². The van der Waals surface area contributed by atoms with E-state index in [1.807, 2.05) is 0 Å². The van der Waals surface area contributed by atoms with Crippen molar-refractivity contribution < 1.29 is 8.42 Å². The first-order chi connectivity index (χ1) is 7.63. The van der Waals surface area contributed by atoms with Crippen molar-refractivity contribution in [2.24, 2.45) is 0 Å². The Morgan fingerprint density at radius 1 is 1.50 bits per heavy atom. The molecule has 1 aliphatic rings. The largest absolute Gasteiger partial charge is 0.248 e. The number of rotatable bonds is 3. The van der Waals surface area contributed by atoms with Crippen LogP contribution >= 0.6 is 0 Å². The summed E-state index contributed by atoms with van der Waals surface area (Å²) >= 11 is 0. The Morgan fingerprint density at radius 2 is 2.31 bits per heavy atom. The second-order valence-electron chi connectivity index (χ2n) is 3.75. The summed E-state index contributed by atoms with van der Waals surface area (Å²) in [6.45, 7) is 4.33. The first kappa shape index (κ1) is 11.3. The van der Waals surface area contributed by atoms with Crippen LogP contribution in [0, 0.1) is 0 Å². The summed E-state index contributed by atoms with van der Waals surface area (Å²) in [5.74, 6) is 0. The van der Waals surface area contributed by atoms with Gasteiger partial charge in [0, 0.05) is 24.7 Å². The molecule has 0 saturated carbocycles. The predicted molar refractivity (Wildman–Crippen MR) is 59.0 cm³/mol. The first-order valence-corrected chi connectivity index (χ1v) is 6.62. The molecule has 0 radical (unpaired) electrons. The van der Waals surface area contributed by atoms with E-state index in [0.29, 0.717) is 13.1 Å². The van der Waals surface area contributed by atoms with Crippen molar-refractivity contribution in [1.82, 2.24) is 19.3 Å². The minimum atomic E-state index is -3.31. The molecule has 2 heterocycles. The predicted octanol–water partition coefficient (Wildman–Crippen LogP) is 0.388. The van der Waals surface area contributed by atoms with Crippen molar-refractivity contribution in [2.45, 2.75) is 18.9 Å². The van der Waals surface area contributed by atoms with E-state index < -0.39 is 10.0 Å². The third-order valence-corrected chi connectivity index (χ3v) is 4.22. The summed E-state index contributed by atoms with van der Waals surface area (Å²) in [7, 11) is -3.31. The molecular formula is C9H14N4O2S. The monoisotopic (exact) mass is 242 g/mol. The van der Waals surface area contributed by atoms with Crippen molar-refractivity contribution in [2.75, 3.05) is 13.1 Å². The Labute approximate surface area is 94.6 Å². The first-order valence-electron chi connectivity index (χ1n) is 5.12. The van der Waals surface area contributed by atoms with E-state index >= 15 is 0 Å². The van der Waals surface area contributed by atoms with Crippen LogP contribution in [0.3, 0.4) is 0 Å². The molecule has 0 spiro atoms. The van der Waals surface area contributed by atoms with E-state index in [0.717, 1.165) is 18.2 Å². The molecule has 0 aromatic carbocycles. The maximum absolute atomic E-state index is 11.6. The highest BCUT2D eigenvalue weighted by atomic mass is 32.2. The average molecular weight is 242 g/mol. The fourth-order valence-corrected chi connectivity index (χ4v) is 2.86. The van der Waals surface area contributed by atoms with Gasteiger partial charge in [-0.05, 0) is 12.8 Å². The van der Waals surface area contributed by atoms with E-state index in [1.54, 1.807) is 17.1 Å². The molecule has 1 fully saturated rings. The Balaban J connectivity index is 2.14. The zero-order valence-electron chi connectivity index (χ0n) is 8.86. The molecule has 2 rings (SSSR count).